The van der Waals surface area contributed by atoms with E-state index in [9.17, 15) is 14.9 Å². The van der Waals surface area contributed by atoms with Gasteiger partial charge in [-0.05, 0) is 72.4 Å². The van der Waals surface area contributed by atoms with E-state index in [1.54, 1.807) is 12.1 Å². The monoisotopic (exact) mass is 539 g/mol. The van der Waals surface area contributed by atoms with Gasteiger partial charge >= 0.3 is 0 Å². The van der Waals surface area contributed by atoms with E-state index in [-0.39, 0.29) is 22.2 Å². The number of allylic oxidation sites excluding steroid dienone is 1. The van der Waals surface area contributed by atoms with Crippen LogP contribution in [0.2, 0.25) is 15.1 Å². The minimum absolute atomic E-state index is 0.0380. The predicted octanol–water partition coefficient (Wildman–Crippen LogP) is 7.99. The second-order valence-corrected chi connectivity index (χ2v) is 10.1. The molecule has 182 valence electrons. The Morgan fingerprint density at radius 2 is 1.67 bits per heavy atom. The van der Waals surface area contributed by atoms with Crippen molar-refractivity contribution >= 4 is 58.2 Å². The van der Waals surface area contributed by atoms with Crippen LogP contribution in [0.15, 0.2) is 77.4 Å². The van der Waals surface area contributed by atoms with Gasteiger partial charge in [0, 0.05) is 28.1 Å². The number of hydrogen-bond donors (Lipinski definition) is 0. The van der Waals surface area contributed by atoms with E-state index in [4.69, 9.17) is 39.9 Å². The molecular weight excluding hydrogens is 521 g/mol. The molecule has 1 aliphatic heterocycles. The SMILES string of the molecule is O=C(c1cc([N+](=O)[O-])ccc1Cl)N1N=C2/C(=C/c3ccc(Cl)cc3)CCC[C@@H]2[C@@H]1c1ccc(Cl)cc1. The minimum Gasteiger partial charge on any atom is -0.267 e. The molecule has 0 radical (unpaired) electrons. The molecule has 9 heteroatoms. The van der Waals surface area contributed by atoms with Gasteiger partial charge in [0.05, 0.1) is 27.3 Å². The van der Waals surface area contributed by atoms with E-state index in [0.717, 1.165) is 41.7 Å². The fourth-order valence-electron chi connectivity index (χ4n) is 4.84. The highest BCUT2D eigenvalue weighted by molar-refractivity contribution is 6.34. The molecule has 1 aliphatic carbocycles. The molecule has 5 rings (SSSR count). The summed E-state index contributed by atoms with van der Waals surface area (Å²) in [4.78, 5) is 24.6. The Hall–Kier alpha value is -3.19. The number of nitro benzene ring substituents is 1. The van der Waals surface area contributed by atoms with Gasteiger partial charge in [0.25, 0.3) is 11.6 Å². The fourth-order valence-corrected chi connectivity index (χ4v) is 5.29. The summed E-state index contributed by atoms with van der Waals surface area (Å²) in [5, 5.41) is 19.0. The number of carbonyl (C=O) groups is 1. The van der Waals surface area contributed by atoms with Crippen LogP contribution >= 0.6 is 34.8 Å². The van der Waals surface area contributed by atoms with Gasteiger partial charge in [-0.15, -0.1) is 0 Å². The molecule has 3 aromatic rings. The number of benzene rings is 3. The molecule has 36 heavy (non-hydrogen) atoms. The van der Waals surface area contributed by atoms with Gasteiger partial charge in [-0.2, -0.15) is 5.10 Å². The van der Waals surface area contributed by atoms with Crippen LogP contribution in [0.3, 0.4) is 0 Å². The Morgan fingerprint density at radius 3 is 2.33 bits per heavy atom. The van der Waals surface area contributed by atoms with Crippen LogP contribution in [-0.2, 0) is 0 Å². The van der Waals surface area contributed by atoms with Crippen LogP contribution in [-0.4, -0.2) is 21.6 Å². The molecule has 0 aromatic heterocycles. The van der Waals surface area contributed by atoms with Crippen molar-refractivity contribution in [2.75, 3.05) is 0 Å². The van der Waals surface area contributed by atoms with Crippen molar-refractivity contribution in [1.82, 2.24) is 5.01 Å². The van der Waals surface area contributed by atoms with E-state index in [0.29, 0.717) is 10.0 Å². The van der Waals surface area contributed by atoms with Crippen LogP contribution in [0.5, 0.6) is 0 Å². The van der Waals surface area contributed by atoms with Crippen molar-refractivity contribution in [2.45, 2.75) is 25.3 Å². The number of halogens is 3. The molecule has 2 aliphatic rings. The first-order chi connectivity index (χ1) is 17.3. The summed E-state index contributed by atoms with van der Waals surface area (Å²) in [6.07, 6.45) is 4.68. The first kappa shape index (κ1) is 24.5. The highest BCUT2D eigenvalue weighted by atomic mass is 35.5. The normalized spacial score (nSPS) is 20.2. The molecule has 1 heterocycles. The minimum atomic E-state index is -0.549. The summed E-state index contributed by atoms with van der Waals surface area (Å²) in [7, 11) is 0. The molecule has 0 N–H and O–H groups in total. The zero-order valence-corrected chi connectivity index (χ0v) is 21.2. The third kappa shape index (κ3) is 4.76. The fraction of sp³-hybridized carbons (Fsp3) is 0.185. The molecule has 0 spiro atoms. The Labute approximate surface area is 222 Å². The van der Waals surface area contributed by atoms with Gasteiger partial charge in [-0.25, -0.2) is 5.01 Å². The standard InChI is InChI=1S/C27H20Cl3N3O3/c28-19-8-4-16(5-9-19)14-18-2-1-3-22-25(18)31-32(26(22)17-6-10-20(29)11-7-17)27(34)23-15-21(33(35)36)12-13-24(23)30/h4-15,22,26H,1-3H2/b18-14+/t22-,26-/m0/s1. The van der Waals surface area contributed by atoms with E-state index in [2.05, 4.69) is 6.08 Å². The molecule has 1 saturated carbocycles. The van der Waals surface area contributed by atoms with Crippen molar-refractivity contribution in [3.8, 4) is 0 Å². The van der Waals surface area contributed by atoms with Gasteiger partial charge in [0.2, 0.25) is 0 Å². The second kappa shape index (κ2) is 10.1. The second-order valence-electron chi connectivity index (χ2n) is 8.77. The van der Waals surface area contributed by atoms with Crippen LogP contribution < -0.4 is 0 Å². The molecule has 3 aromatic carbocycles. The average Bonchev–Trinajstić information content (AvgIpc) is 3.26. The number of hydrazone groups is 1. The first-order valence-corrected chi connectivity index (χ1v) is 12.5. The van der Waals surface area contributed by atoms with Crippen molar-refractivity contribution in [2.24, 2.45) is 11.0 Å². The van der Waals surface area contributed by atoms with Crippen LogP contribution in [0.1, 0.15) is 46.8 Å². The summed E-state index contributed by atoms with van der Waals surface area (Å²) < 4.78 is 0. The lowest BCUT2D eigenvalue weighted by molar-refractivity contribution is -0.384. The summed E-state index contributed by atoms with van der Waals surface area (Å²) in [5.74, 6) is -0.531. The van der Waals surface area contributed by atoms with Crippen molar-refractivity contribution < 1.29 is 9.72 Å². The smallest absolute Gasteiger partial charge is 0.267 e. The van der Waals surface area contributed by atoms with Gasteiger partial charge in [0.1, 0.15) is 0 Å². The van der Waals surface area contributed by atoms with Crippen LogP contribution in [0, 0.1) is 16.0 Å². The number of non-ortho nitro benzene ring substituents is 1. The third-order valence-corrected chi connectivity index (χ3v) is 7.36. The zero-order valence-electron chi connectivity index (χ0n) is 18.9. The lowest BCUT2D eigenvalue weighted by Gasteiger charge is -2.29. The van der Waals surface area contributed by atoms with Gasteiger partial charge in [-0.3, -0.25) is 14.9 Å². The van der Waals surface area contributed by atoms with E-state index in [1.165, 1.54) is 23.2 Å². The van der Waals surface area contributed by atoms with Crippen molar-refractivity contribution in [1.29, 1.82) is 0 Å². The topological polar surface area (TPSA) is 75.8 Å². The Kier molecular flexibility index (Phi) is 6.84. The maximum absolute atomic E-state index is 13.8. The lowest BCUT2D eigenvalue weighted by atomic mass is 9.77. The Morgan fingerprint density at radius 1 is 1.00 bits per heavy atom. The van der Waals surface area contributed by atoms with E-state index in [1.807, 2.05) is 36.4 Å². The van der Waals surface area contributed by atoms with E-state index >= 15 is 0 Å². The largest absolute Gasteiger partial charge is 0.276 e. The summed E-state index contributed by atoms with van der Waals surface area (Å²) >= 11 is 18.5. The lowest BCUT2D eigenvalue weighted by Crippen LogP contribution is -2.32. The molecule has 1 amide bonds. The predicted molar refractivity (Wildman–Crippen MR) is 143 cm³/mol. The number of carbonyl (C=O) groups excluding carboxylic acids is 1. The maximum Gasteiger partial charge on any atom is 0.276 e. The number of amides is 1. The molecular formula is C27H20Cl3N3O3. The quantitative estimate of drug-likeness (QED) is 0.248. The Bertz CT molecular complexity index is 1400. The summed E-state index contributed by atoms with van der Waals surface area (Å²) in [6, 6.07) is 18.3. The third-order valence-electron chi connectivity index (χ3n) is 6.52. The van der Waals surface area contributed by atoms with E-state index < -0.39 is 16.9 Å². The summed E-state index contributed by atoms with van der Waals surface area (Å²) in [5.41, 5.74) is 3.59. The highest BCUT2D eigenvalue weighted by Crippen LogP contribution is 2.45. The molecule has 1 fully saturated rings. The van der Waals surface area contributed by atoms with Gasteiger partial charge < -0.3 is 0 Å². The van der Waals surface area contributed by atoms with Gasteiger partial charge in [-0.1, -0.05) is 59.1 Å². The number of hydrogen-bond acceptors (Lipinski definition) is 4. The highest BCUT2D eigenvalue weighted by Gasteiger charge is 2.44. The van der Waals surface area contributed by atoms with Crippen LogP contribution in [0.4, 0.5) is 5.69 Å². The zero-order chi connectivity index (χ0) is 25.4. The molecule has 0 saturated heterocycles. The molecule has 6 nitrogen and oxygen atoms in total. The van der Waals surface area contributed by atoms with Crippen molar-refractivity contribution in [3.05, 3.63) is 114 Å². The first-order valence-electron chi connectivity index (χ1n) is 11.4. The van der Waals surface area contributed by atoms with Crippen LogP contribution in [0.25, 0.3) is 6.08 Å². The van der Waals surface area contributed by atoms with Crippen molar-refractivity contribution in [3.63, 3.8) is 0 Å². The maximum atomic E-state index is 13.8. The summed E-state index contributed by atoms with van der Waals surface area (Å²) in [6.45, 7) is 0. The molecule has 0 unspecified atom stereocenters. The molecule has 2 atom stereocenters. The Balaban J connectivity index is 1.60. The molecule has 0 bridgehead atoms. The number of nitrogens with zero attached hydrogens (tertiary/aromatic N) is 3. The number of fused-ring (bicyclic) bond motifs is 1. The average molecular weight is 541 g/mol. The number of nitro groups is 1. The number of rotatable bonds is 4. The van der Waals surface area contributed by atoms with Gasteiger partial charge in [0.15, 0.2) is 0 Å².